The molecule has 2 fully saturated rings. The van der Waals surface area contributed by atoms with E-state index in [-0.39, 0.29) is 42.9 Å². The second kappa shape index (κ2) is 8.79. The fourth-order valence-corrected chi connectivity index (χ4v) is 3.98. The molecule has 9 nitrogen and oxygen atoms in total. The van der Waals surface area contributed by atoms with Gasteiger partial charge in [0.05, 0.1) is 0 Å². The van der Waals surface area contributed by atoms with Crippen LogP contribution in [0.25, 0.3) is 0 Å². The Morgan fingerprint density at radius 1 is 1.26 bits per heavy atom. The first-order chi connectivity index (χ1) is 13.1. The minimum atomic E-state index is -0.112. The summed E-state index contributed by atoms with van der Waals surface area (Å²) in [6, 6.07) is 0.162. The Balaban J connectivity index is 1.43. The van der Waals surface area contributed by atoms with Crippen LogP contribution < -0.4 is 5.32 Å². The van der Waals surface area contributed by atoms with Gasteiger partial charge in [-0.2, -0.15) is 0 Å². The summed E-state index contributed by atoms with van der Waals surface area (Å²) in [6.07, 6.45) is 3.09. The zero-order chi connectivity index (χ0) is 19.4. The normalized spacial score (nSPS) is 23.1. The van der Waals surface area contributed by atoms with Gasteiger partial charge in [-0.15, -0.1) is 10.2 Å². The van der Waals surface area contributed by atoms with Crippen LogP contribution in [0, 0.1) is 5.92 Å². The highest BCUT2D eigenvalue weighted by atomic mass is 16.5. The highest BCUT2D eigenvalue weighted by molar-refractivity contribution is 5.80. The molecule has 2 N–H and O–H groups in total. The molecule has 0 atom stereocenters. The lowest BCUT2D eigenvalue weighted by Crippen LogP contribution is -2.49. The smallest absolute Gasteiger partial charge is 0.248 e. The third-order valence-corrected chi connectivity index (χ3v) is 5.65. The number of piperidine rings is 1. The number of aliphatic hydroxyl groups is 1. The lowest BCUT2D eigenvalue weighted by molar-refractivity contribution is -0.139. The number of methoxy groups -OCH3 is 1. The molecule has 2 amide bonds. The average molecular weight is 379 g/mol. The van der Waals surface area contributed by atoms with Gasteiger partial charge in [-0.3, -0.25) is 9.59 Å². The van der Waals surface area contributed by atoms with Gasteiger partial charge in [-0.05, 0) is 32.6 Å². The highest BCUT2D eigenvalue weighted by Crippen LogP contribution is 2.36. The topological polar surface area (TPSA) is 110 Å². The molecule has 1 aromatic heterocycles. The van der Waals surface area contributed by atoms with Crippen LogP contribution in [0.1, 0.15) is 50.2 Å². The van der Waals surface area contributed by atoms with Crippen molar-refractivity contribution in [1.82, 2.24) is 25.0 Å². The van der Waals surface area contributed by atoms with E-state index in [0.29, 0.717) is 31.8 Å². The van der Waals surface area contributed by atoms with Crippen molar-refractivity contribution < 1.29 is 19.4 Å². The molecular formula is C18H29N5O4. The van der Waals surface area contributed by atoms with Crippen LogP contribution in [0.5, 0.6) is 0 Å². The Morgan fingerprint density at radius 2 is 1.96 bits per heavy atom. The Hall–Kier alpha value is -2.00. The number of amides is 2. The van der Waals surface area contributed by atoms with Gasteiger partial charge < -0.3 is 24.6 Å². The fourth-order valence-electron chi connectivity index (χ4n) is 3.98. The van der Waals surface area contributed by atoms with Crippen molar-refractivity contribution in [1.29, 1.82) is 0 Å². The number of hydrogen-bond acceptors (Lipinski definition) is 6. The zero-order valence-electron chi connectivity index (χ0n) is 16.1. The molecule has 2 aliphatic rings. The lowest BCUT2D eigenvalue weighted by Gasteiger charge is -2.37. The number of carbonyl (C=O) groups excluding carboxylic acids is 2. The van der Waals surface area contributed by atoms with Gasteiger partial charge in [0.1, 0.15) is 19.0 Å². The standard InChI is InChI=1S/C18H29N5O4/c1-3-23-15(10-24)20-21-17(23)13-8-14(9-13)19-18(26)12-4-6-22(7-5-12)16(25)11-27-2/h12-14,24H,3-11H2,1-2H3,(H,19,26). The van der Waals surface area contributed by atoms with E-state index in [9.17, 15) is 14.7 Å². The van der Waals surface area contributed by atoms with Gasteiger partial charge in [-0.25, -0.2) is 0 Å². The van der Waals surface area contributed by atoms with Crippen LogP contribution in [-0.4, -0.2) is 69.4 Å². The lowest BCUT2D eigenvalue weighted by atomic mass is 9.79. The second-order valence-electron chi connectivity index (χ2n) is 7.34. The molecule has 3 rings (SSSR count). The van der Waals surface area contributed by atoms with Crippen molar-refractivity contribution in [3.05, 3.63) is 11.6 Å². The van der Waals surface area contributed by atoms with Crippen molar-refractivity contribution in [2.24, 2.45) is 5.92 Å². The summed E-state index contributed by atoms with van der Waals surface area (Å²) in [4.78, 5) is 26.1. The molecule has 0 unspecified atom stereocenters. The van der Waals surface area contributed by atoms with Crippen LogP contribution in [-0.2, 0) is 27.5 Å². The Labute approximate surface area is 159 Å². The van der Waals surface area contributed by atoms with E-state index >= 15 is 0 Å². The van der Waals surface area contributed by atoms with E-state index in [0.717, 1.165) is 25.2 Å². The predicted octanol–water partition coefficient (Wildman–Crippen LogP) is 0.0375. The molecule has 2 heterocycles. The molecule has 150 valence electrons. The monoisotopic (exact) mass is 379 g/mol. The van der Waals surface area contributed by atoms with Crippen molar-refractivity contribution >= 4 is 11.8 Å². The number of carbonyl (C=O) groups is 2. The van der Waals surface area contributed by atoms with Crippen LogP contribution in [0.15, 0.2) is 0 Å². The maximum absolute atomic E-state index is 12.5. The number of likely N-dealkylation sites (tertiary alicyclic amines) is 1. The summed E-state index contributed by atoms with van der Waals surface area (Å²) in [7, 11) is 1.51. The largest absolute Gasteiger partial charge is 0.388 e. The summed E-state index contributed by atoms with van der Waals surface area (Å²) in [5.74, 6) is 1.81. The van der Waals surface area contributed by atoms with E-state index in [4.69, 9.17) is 4.74 Å². The summed E-state index contributed by atoms with van der Waals surface area (Å²) in [5.41, 5.74) is 0. The zero-order valence-corrected chi connectivity index (χ0v) is 16.1. The average Bonchev–Trinajstić information content (AvgIpc) is 3.06. The minimum Gasteiger partial charge on any atom is -0.388 e. The molecular weight excluding hydrogens is 350 g/mol. The maximum atomic E-state index is 12.5. The van der Waals surface area contributed by atoms with Crippen LogP contribution in [0.3, 0.4) is 0 Å². The van der Waals surface area contributed by atoms with Gasteiger partial charge in [0.15, 0.2) is 5.82 Å². The molecule has 27 heavy (non-hydrogen) atoms. The first-order valence-electron chi connectivity index (χ1n) is 9.67. The molecule has 0 spiro atoms. The molecule has 9 heteroatoms. The van der Waals surface area contributed by atoms with Crippen LogP contribution in [0.4, 0.5) is 0 Å². The van der Waals surface area contributed by atoms with E-state index in [1.54, 1.807) is 4.90 Å². The van der Waals surface area contributed by atoms with Gasteiger partial charge >= 0.3 is 0 Å². The second-order valence-corrected chi connectivity index (χ2v) is 7.34. The molecule has 1 aromatic rings. The molecule has 1 saturated heterocycles. The van der Waals surface area contributed by atoms with E-state index in [2.05, 4.69) is 15.5 Å². The van der Waals surface area contributed by atoms with Crippen molar-refractivity contribution in [2.75, 3.05) is 26.8 Å². The van der Waals surface area contributed by atoms with Crippen LogP contribution in [0.2, 0.25) is 0 Å². The van der Waals surface area contributed by atoms with Gasteiger partial charge in [-0.1, -0.05) is 0 Å². The van der Waals surface area contributed by atoms with Crippen molar-refractivity contribution in [3.8, 4) is 0 Å². The number of nitrogens with one attached hydrogen (secondary N) is 1. The third-order valence-electron chi connectivity index (χ3n) is 5.65. The van der Waals surface area contributed by atoms with Crippen LogP contribution >= 0.6 is 0 Å². The Morgan fingerprint density at radius 3 is 2.56 bits per heavy atom. The van der Waals surface area contributed by atoms with Gasteiger partial charge in [0, 0.05) is 44.6 Å². The predicted molar refractivity (Wildman–Crippen MR) is 96.7 cm³/mol. The Bertz CT molecular complexity index is 663. The number of aliphatic hydroxyl groups excluding tert-OH is 1. The maximum Gasteiger partial charge on any atom is 0.248 e. The quantitative estimate of drug-likeness (QED) is 0.692. The van der Waals surface area contributed by atoms with Crippen molar-refractivity contribution in [3.63, 3.8) is 0 Å². The first-order valence-corrected chi connectivity index (χ1v) is 9.67. The van der Waals surface area contributed by atoms with E-state index in [1.807, 2.05) is 11.5 Å². The summed E-state index contributed by atoms with van der Waals surface area (Å²) in [6.45, 7) is 3.94. The first kappa shape index (κ1) is 19.8. The fraction of sp³-hybridized carbons (Fsp3) is 0.778. The number of ether oxygens (including phenoxy) is 1. The molecule has 0 radical (unpaired) electrons. The summed E-state index contributed by atoms with van der Waals surface area (Å²) in [5, 5.41) is 20.7. The Kier molecular flexibility index (Phi) is 6.43. The van der Waals surface area contributed by atoms with Crippen molar-refractivity contribution in [2.45, 2.75) is 57.7 Å². The molecule has 1 aliphatic carbocycles. The molecule has 1 saturated carbocycles. The SMILES string of the molecule is CCn1c(CO)nnc1C1CC(NC(=O)C2CCN(C(=O)COC)CC2)C1. The van der Waals surface area contributed by atoms with E-state index < -0.39 is 0 Å². The molecule has 0 bridgehead atoms. The van der Waals surface area contributed by atoms with Gasteiger partial charge in [0.25, 0.3) is 0 Å². The molecule has 0 aromatic carbocycles. The number of nitrogens with zero attached hydrogens (tertiary/aromatic N) is 4. The minimum absolute atomic E-state index is 0.0134. The highest BCUT2D eigenvalue weighted by Gasteiger charge is 2.37. The summed E-state index contributed by atoms with van der Waals surface area (Å²) < 4.78 is 6.84. The van der Waals surface area contributed by atoms with Gasteiger partial charge in [0.2, 0.25) is 11.8 Å². The number of rotatable bonds is 7. The number of aromatic nitrogens is 3. The third kappa shape index (κ3) is 4.30. The van der Waals surface area contributed by atoms with E-state index in [1.165, 1.54) is 7.11 Å². The number of hydrogen-bond donors (Lipinski definition) is 2. The molecule has 1 aliphatic heterocycles. The summed E-state index contributed by atoms with van der Waals surface area (Å²) >= 11 is 0.